The Balaban J connectivity index is 2.22. The standard InChI is InChI=1S/C19H22B5F6N7O/c1-16(2,38)19(23,24)37-15-35-13(11-9(21)8(20)10(22)12(33-11)18(28,29)30)34-14(36-15)32-6-3-4-31-7(5-6)17(25,26)27/h3-5,38H,20-24H2,1-2H3,(H2,31,32,34,35,36,37). The molecule has 0 saturated heterocycles. The van der Waals surface area contributed by atoms with E-state index in [2.05, 4.69) is 35.6 Å². The van der Waals surface area contributed by atoms with Crippen LogP contribution in [0, 0.1) is 0 Å². The van der Waals surface area contributed by atoms with E-state index in [0.29, 0.717) is 10.9 Å². The Morgan fingerprint density at radius 2 is 1.42 bits per heavy atom. The second-order valence-corrected chi connectivity index (χ2v) is 9.85. The highest BCUT2D eigenvalue weighted by Gasteiger charge is 2.37. The van der Waals surface area contributed by atoms with Gasteiger partial charge in [0.15, 0.2) is 5.82 Å². The lowest BCUT2D eigenvalue weighted by Gasteiger charge is -2.38. The van der Waals surface area contributed by atoms with E-state index in [4.69, 9.17) is 0 Å². The number of nitrogens with one attached hydrogen (secondary N) is 2. The maximum atomic E-state index is 13.7. The van der Waals surface area contributed by atoms with Crippen molar-refractivity contribution in [3.8, 4) is 11.5 Å². The van der Waals surface area contributed by atoms with Gasteiger partial charge in [-0.1, -0.05) is 16.4 Å². The van der Waals surface area contributed by atoms with Gasteiger partial charge in [-0.05, 0) is 26.0 Å². The molecule has 0 bridgehead atoms. The van der Waals surface area contributed by atoms with E-state index >= 15 is 0 Å². The third-order valence-corrected chi connectivity index (χ3v) is 6.44. The summed E-state index contributed by atoms with van der Waals surface area (Å²) in [5.74, 6) is -0.674. The van der Waals surface area contributed by atoms with Gasteiger partial charge >= 0.3 is 12.4 Å². The van der Waals surface area contributed by atoms with E-state index in [1.165, 1.54) is 35.6 Å². The van der Waals surface area contributed by atoms with Crippen LogP contribution in [0.15, 0.2) is 18.3 Å². The molecule has 196 valence electrons. The van der Waals surface area contributed by atoms with Gasteiger partial charge in [-0.2, -0.15) is 41.3 Å². The molecule has 0 aromatic carbocycles. The highest BCUT2D eigenvalue weighted by atomic mass is 19.4. The van der Waals surface area contributed by atoms with Crippen molar-refractivity contribution in [1.29, 1.82) is 0 Å². The van der Waals surface area contributed by atoms with Gasteiger partial charge < -0.3 is 15.7 Å². The third-order valence-electron chi connectivity index (χ3n) is 6.44. The van der Waals surface area contributed by atoms with Crippen LogP contribution in [-0.2, 0) is 12.4 Å². The lowest BCUT2D eigenvalue weighted by molar-refractivity contribution is -0.141. The number of anilines is 3. The molecule has 0 fully saturated rings. The third kappa shape index (κ3) is 6.25. The molecule has 0 unspecified atom stereocenters. The molecule has 0 spiro atoms. The van der Waals surface area contributed by atoms with E-state index in [1.54, 1.807) is 23.5 Å². The number of pyridine rings is 2. The lowest BCUT2D eigenvalue weighted by atomic mass is 9.54. The molecule has 0 aliphatic carbocycles. The summed E-state index contributed by atoms with van der Waals surface area (Å²) in [5, 5.41) is 15.0. The predicted molar refractivity (Wildman–Crippen MR) is 145 cm³/mol. The number of hydrogen-bond acceptors (Lipinski definition) is 8. The van der Waals surface area contributed by atoms with Crippen molar-refractivity contribution in [3.63, 3.8) is 0 Å². The number of nitrogens with zero attached hydrogens (tertiary/aromatic N) is 5. The summed E-state index contributed by atoms with van der Waals surface area (Å²) in [6.45, 7) is 3.06. The van der Waals surface area contributed by atoms with Gasteiger partial charge in [-0.25, -0.2) is 4.98 Å². The summed E-state index contributed by atoms with van der Waals surface area (Å²) in [6.07, 6.45) is -8.52. The summed E-state index contributed by atoms with van der Waals surface area (Å²) in [7, 11) is 7.67. The summed E-state index contributed by atoms with van der Waals surface area (Å²) >= 11 is 0. The Hall–Kier alpha value is -3.23. The van der Waals surface area contributed by atoms with Crippen molar-refractivity contribution < 1.29 is 31.4 Å². The maximum Gasteiger partial charge on any atom is 0.433 e. The van der Waals surface area contributed by atoms with Crippen molar-refractivity contribution in [1.82, 2.24) is 24.9 Å². The molecule has 0 saturated carbocycles. The van der Waals surface area contributed by atoms with Crippen LogP contribution in [0.3, 0.4) is 0 Å². The van der Waals surface area contributed by atoms with Gasteiger partial charge in [-0.15, -0.1) is 0 Å². The summed E-state index contributed by atoms with van der Waals surface area (Å²) in [5.41, 5.74) is -3.18. The number of alkyl halides is 6. The first-order valence-corrected chi connectivity index (χ1v) is 11.3. The summed E-state index contributed by atoms with van der Waals surface area (Å²) < 4.78 is 80.6. The fourth-order valence-electron chi connectivity index (χ4n) is 3.23. The van der Waals surface area contributed by atoms with E-state index in [1.807, 2.05) is 0 Å². The molecule has 8 nitrogen and oxygen atoms in total. The Kier molecular flexibility index (Phi) is 7.58. The molecule has 3 N–H and O–H groups in total. The number of aromatic nitrogens is 5. The molecule has 19 heteroatoms. The predicted octanol–water partition coefficient (Wildman–Crippen LogP) is -3.01. The minimum absolute atomic E-state index is 0.0517. The zero-order chi connectivity index (χ0) is 28.8. The fraction of sp³-hybridized carbons (Fsp3) is 0.316. The van der Waals surface area contributed by atoms with Crippen molar-refractivity contribution in [2.24, 2.45) is 0 Å². The zero-order valence-electron chi connectivity index (χ0n) is 21.7. The minimum Gasteiger partial charge on any atom is -0.390 e. The molecule has 3 aromatic rings. The SMILES string of the molecule is Bc1c(-c2nc(Nc3ccnc(C(F)(F)F)c3)nc(NC(B)(B)C(C)(C)O)n2)nc(C(F)(F)F)c(B)c1B. The van der Waals surface area contributed by atoms with Crippen LogP contribution in [0.2, 0.25) is 0 Å². The second kappa shape index (κ2) is 9.82. The number of rotatable bonds is 6. The Labute approximate surface area is 218 Å². The molecule has 0 amide bonds. The smallest absolute Gasteiger partial charge is 0.390 e. The van der Waals surface area contributed by atoms with E-state index in [0.717, 1.165) is 12.3 Å². The van der Waals surface area contributed by atoms with Crippen LogP contribution in [0.5, 0.6) is 0 Å². The normalized spacial score (nSPS) is 12.9. The van der Waals surface area contributed by atoms with Crippen molar-refractivity contribution in [2.75, 3.05) is 10.6 Å². The van der Waals surface area contributed by atoms with Gasteiger partial charge in [-0.3, -0.25) is 4.98 Å². The Morgan fingerprint density at radius 3 is 1.97 bits per heavy atom. The van der Waals surface area contributed by atoms with Gasteiger partial charge in [0.1, 0.15) is 56.3 Å². The van der Waals surface area contributed by atoms with Crippen LogP contribution in [-0.4, -0.2) is 80.2 Å². The van der Waals surface area contributed by atoms with E-state index < -0.39 is 34.7 Å². The van der Waals surface area contributed by atoms with Gasteiger partial charge in [0.25, 0.3) is 0 Å². The molecular formula is C19H22B5F6N7O. The molecular weight excluding hydrogens is 510 g/mol. The Bertz CT molecular complexity index is 1370. The van der Waals surface area contributed by atoms with Gasteiger partial charge in [0.2, 0.25) is 11.9 Å². The average Bonchev–Trinajstić information content (AvgIpc) is 2.75. The monoisotopic (exact) mass is 533 g/mol. The van der Waals surface area contributed by atoms with E-state index in [9.17, 15) is 31.4 Å². The first-order chi connectivity index (χ1) is 17.2. The van der Waals surface area contributed by atoms with E-state index in [-0.39, 0.29) is 34.6 Å². The molecule has 0 aliphatic heterocycles. The zero-order valence-corrected chi connectivity index (χ0v) is 21.7. The van der Waals surface area contributed by atoms with Crippen LogP contribution >= 0.6 is 0 Å². The van der Waals surface area contributed by atoms with Crippen molar-refractivity contribution in [3.05, 3.63) is 29.7 Å². The number of aliphatic hydroxyl groups is 1. The van der Waals surface area contributed by atoms with Crippen LogP contribution in [0.4, 0.5) is 43.9 Å². The molecule has 0 atom stereocenters. The minimum atomic E-state index is -4.75. The quantitative estimate of drug-likeness (QED) is 0.228. The first kappa shape index (κ1) is 29.3. The molecule has 3 rings (SSSR count). The van der Waals surface area contributed by atoms with Crippen LogP contribution in [0.25, 0.3) is 11.5 Å². The summed E-state index contributed by atoms with van der Waals surface area (Å²) in [6, 6.07) is 1.98. The molecule has 3 aromatic heterocycles. The molecule has 0 aliphatic rings. The number of halogens is 6. The second-order valence-electron chi connectivity index (χ2n) is 9.85. The largest absolute Gasteiger partial charge is 0.433 e. The highest BCUT2D eigenvalue weighted by molar-refractivity contribution is 6.58. The number of hydrogen-bond donors (Lipinski definition) is 3. The molecule has 38 heavy (non-hydrogen) atoms. The summed E-state index contributed by atoms with van der Waals surface area (Å²) in [4.78, 5) is 19.7. The first-order valence-electron chi connectivity index (χ1n) is 11.3. The molecule has 3 heterocycles. The van der Waals surface area contributed by atoms with Gasteiger partial charge in [0, 0.05) is 17.2 Å². The van der Waals surface area contributed by atoms with Crippen molar-refractivity contribution in [2.45, 2.75) is 37.1 Å². The van der Waals surface area contributed by atoms with Gasteiger partial charge in [0.05, 0.1) is 5.60 Å². The fourth-order valence-corrected chi connectivity index (χ4v) is 3.23. The average molecular weight is 532 g/mol. The van der Waals surface area contributed by atoms with Crippen molar-refractivity contribution >= 4 is 73.2 Å². The Morgan fingerprint density at radius 1 is 0.816 bits per heavy atom. The van der Waals surface area contributed by atoms with Crippen LogP contribution in [0.1, 0.15) is 25.2 Å². The topological polar surface area (TPSA) is 109 Å². The lowest BCUT2D eigenvalue weighted by Crippen LogP contribution is -2.57. The van der Waals surface area contributed by atoms with Crippen LogP contribution < -0.4 is 27.0 Å². The molecule has 0 radical (unpaired) electrons. The highest BCUT2D eigenvalue weighted by Crippen LogP contribution is 2.30. The maximum absolute atomic E-state index is 13.7.